The van der Waals surface area contributed by atoms with Crippen LogP contribution in [0.3, 0.4) is 0 Å². The molecule has 0 bridgehead atoms. The summed E-state index contributed by atoms with van der Waals surface area (Å²) in [5.41, 5.74) is 1.03. The molecule has 7 nitrogen and oxygen atoms in total. The Morgan fingerprint density at radius 1 is 1.26 bits per heavy atom. The molecule has 0 unspecified atom stereocenters. The second-order valence-corrected chi connectivity index (χ2v) is 6.58. The summed E-state index contributed by atoms with van der Waals surface area (Å²) in [6, 6.07) is 0. The summed E-state index contributed by atoms with van der Waals surface area (Å²) in [6.45, 7) is 8.78. The van der Waals surface area contributed by atoms with Gasteiger partial charge in [0.15, 0.2) is 0 Å². The predicted octanol–water partition coefficient (Wildman–Crippen LogP) is -0.402. The van der Waals surface area contributed by atoms with Gasteiger partial charge in [0.2, 0.25) is 5.91 Å². The molecule has 1 aliphatic rings. The van der Waals surface area contributed by atoms with E-state index in [0.717, 1.165) is 45.0 Å². The molecular weight excluding hydrogens is 316 g/mol. The Hall–Kier alpha value is -1.22. The van der Waals surface area contributed by atoms with Gasteiger partial charge in [0.05, 0.1) is 13.2 Å². The van der Waals surface area contributed by atoms with Crippen LogP contribution in [0.15, 0.2) is 10.2 Å². The zero-order chi connectivity index (χ0) is 16.7. The van der Waals surface area contributed by atoms with Crippen LogP contribution in [0.25, 0.3) is 0 Å². The number of rotatable bonds is 8. The quantitative estimate of drug-likeness (QED) is 0.651. The van der Waals surface area contributed by atoms with Crippen molar-refractivity contribution in [3.05, 3.63) is 20.7 Å². The minimum Gasteiger partial charge on any atom is -0.383 e. The summed E-state index contributed by atoms with van der Waals surface area (Å²) >= 11 is 1.26. The number of thiazole rings is 1. The molecule has 1 aromatic heterocycles. The Kier molecular flexibility index (Phi) is 7.22. The van der Waals surface area contributed by atoms with E-state index in [1.165, 1.54) is 11.3 Å². The molecule has 0 saturated carbocycles. The van der Waals surface area contributed by atoms with Crippen molar-refractivity contribution in [3.63, 3.8) is 0 Å². The molecule has 1 N–H and O–H groups in total. The van der Waals surface area contributed by atoms with E-state index >= 15 is 0 Å². The summed E-state index contributed by atoms with van der Waals surface area (Å²) in [5, 5.41) is 4.75. The van der Waals surface area contributed by atoms with Crippen LogP contribution in [-0.4, -0.2) is 79.8 Å². The fourth-order valence-electron chi connectivity index (χ4n) is 2.64. The summed E-state index contributed by atoms with van der Waals surface area (Å²) in [4.78, 5) is 28.1. The number of aromatic nitrogens is 1. The van der Waals surface area contributed by atoms with E-state index in [2.05, 4.69) is 15.1 Å². The Bertz CT molecular complexity index is 549. The van der Waals surface area contributed by atoms with Crippen molar-refractivity contribution < 1.29 is 9.53 Å². The van der Waals surface area contributed by atoms with E-state index in [0.29, 0.717) is 19.7 Å². The molecule has 130 valence electrons. The molecule has 0 aliphatic carbocycles. The largest absolute Gasteiger partial charge is 0.383 e. The number of nitrogens with zero attached hydrogens (tertiary/aromatic N) is 3. The first kappa shape index (κ1) is 18.1. The molecule has 1 fully saturated rings. The summed E-state index contributed by atoms with van der Waals surface area (Å²) in [6.07, 6.45) is 0. The molecule has 0 atom stereocenters. The normalized spacial score (nSPS) is 16.6. The van der Waals surface area contributed by atoms with Crippen LogP contribution in [-0.2, 0) is 16.1 Å². The second kappa shape index (κ2) is 9.17. The topological polar surface area (TPSA) is 66.8 Å². The van der Waals surface area contributed by atoms with Gasteiger partial charge in [-0.2, -0.15) is 0 Å². The van der Waals surface area contributed by atoms with Gasteiger partial charge in [-0.05, 0) is 6.92 Å². The van der Waals surface area contributed by atoms with E-state index in [1.54, 1.807) is 7.11 Å². The average molecular weight is 342 g/mol. The molecule has 1 saturated heterocycles. The molecule has 1 aliphatic heterocycles. The third kappa shape index (κ3) is 5.72. The Labute approximate surface area is 140 Å². The van der Waals surface area contributed by atoms with Gasteiger partial charge in [-0.1, -0.05) is 11.3 Å². The summed E-state index contributed by atoms with van der Waals surface area (Å²) in [7, 11) is 1.62. The Morgan fingerprint density at radius 2 is 1.96 bits per heavy atom. The first-order valence-corrected chi connectivity index (χ1v) is 8.83. The summed E-state index contributed by atoms with van der Waals surface area (Å²) < 4.78 is 6.75. The standard InChI is InChI=1S/C15H26N4O3S/c1-13-12-23-15(21)19(13)9-8-17-4-6-18(7-5-17)11-14(20)16-3-10-22-2/h12H,3-11H2,1-2H3,(H,16,20). The number of hydrogen-bond acceptors (Lipinski definition) is 6. The monoisotopic (exact) mass is 342 g/mol. The van der Waals surface area contributed by atoms with E-state index in [1.807, 2.05) is 16.9 Å². The number of amides is 1. The van der Waals surface area contributed by atoms with E-state index in [9.17, 15) is 9.59 Å². The lowest BCUT2D eigenvalue weighted by Crippen LogP contribution is -2.50. The molecule has 2 rings (SSSR count). The molecule has 8 heteroatoms. The maximum absolute atomic E-state index is 11.8. The average Bonchev–Trinajstić information content (AvgIpc) is 2.86. The van der Waals surface area contributed by atoms with Crippen LogP contribution in [0.2, 0.25) is 0 Å². The number of piperazine rings is 1. The first-order chi connectivity index (χ1) is 11.1. The van der Waals surface area contributed by atoms with Crippen LogP contribution in [0.1, 0.15) is 5.69 Å². The maximum atomic E-state index is 11.8. The van der Waals surface area contributed by atoms with Gasteiger partial charge in [0, 0.05) is 64.0 Å². The van der Waals surface area contributed by atoms with Gasteiger partial charge < -0.3 is 14.6 Å². The highest BCUT2D eigenvalue weighted by atomic mass is 32.1. The highest BCUT2D eigenvalue weighted by molar-refractivity contribution is 7.07. The van der Waals surface area contributed by atoms with Crippen LogP contribution in [0.5, 0.6) is 0 Å². The van der Waals surface area contributed by atoms with Crippen molar-refractivity contribution >= 4 is 17.2 Å². The lowest BCUT2D eigenvalue weighted by atomic mass is 10.3. The predicted molar refractivity (Wildman–Crippen MR) is 91.1 cm³/mol. The number of nitrogens with one attached hydrogen (secondary N) is 1. The number of methoxy groups -OCH3 is 1. The van der Waals surface area contributed by atoms with Crippen molar-refractivity contribution in [1.82, 2.24) is 19.7 Å². The Morgan fingerprint density at radius 3 is 2.57 bits per heavy atom. The number of carbonyl (C=O) groups excluding carboxylic acids is 1. The third-order valence-corrected chi connectivity index (χ3v) is 4.96. The first-order valence-electron chi connectivity index (χ1n) is 7.95. The van der Waals surface area contributed by atoms with E-state index in [4.69, 9.17) is 4.74 Å². The Balaban J connectivity index is 1.66. The minimum atomic E-state index is 0.0518. The van der Waals surface area contributed by atoms with Gasteiger partial charge >= 0.3 is 4.87 Å². The van der Waals surface area contributed by atoms with Crippen LogP contribution >= 0.6 is 11.3 Å². The highest BCUT2D eigenvalue weighted by Crippen LogP contribution is 2.04. The summed E-state index contributed by atoms with van der Waals surface area (Å²) in [5.74, 6) is 0.0518. The zero-order valence-corrected chi connectivity index (χ0v) is 14.7. The SMILES string of the molecule is COCCNC(=O)CN1CCN(CCn2c(C)csc2=O)CC1. The third-order valence-electron chi connectivity index (χ3n) is 4.08. The van der Waals surface area contributed by atoms with Crippen molar-refractivity contribution in [2.75, 3.05) is 59.5 Å². The maximum Gasteiger partial charge on any atom is 0.307 e. The van der Waals surface area contributed by atoms with Gasteiger partial charge in [-0.3, -0.25) is 19.4 Å². The van der Waals surface area contributed by atoms with Gasteiger partial charge in [0.1, 0.15) is 0 Å². The molecule has 0 radical (unpaired) electrons. The van der Waals surface area contributed by atoms with Crippen LogP contribution < -0.4 is 10.2 Å². The highest BCUT2D eigenvalue weighted by Gasteiger charge is 2.18. The number of carbonyl (C=O) groups is 1. The molecule has 0 aromatic carbocycles. The molecule has 1 aromatic rings. The van der Waals surface area contributed by atoms with Crippen molar-refractivity contribution in [2.24, 2.45) is 0 Å². The van der Waals surface area contributed by atoms with Crippen molar-refractivity contribution in [1.29, 1.82) is 0 Å². The molecule has 23 heavy (non-hydrogen) atoms. The zero-order valence-electron chi connectivity index (χ0n) is 13.9. The van der Waals surface area contributed by atoms with Crippen molar-refractivity contribution in [3.8, 4) is 0 Å². The fraction of sp³-hybridized carbons (Fsp3) is 0.733. The van der Waals surface area contributed by atoms with Gasteiger partial charge in [0.25, 0.3) is 0 Å². The lowest BCUT2D eigenvalue weighted by molar-refractivity contribution is -0.122. The molecule has 2 heterocycles. The fourth-order valence-corrected chi connectivity index (χ4v) is 3.40. The number of ether oxygens (including phenoxy) is 1. The smallest absolute Gasteiger partial charge is 0.307 e. The molecular formula is C15H26N4O3S. The van der Waals surface area contributed by atoms with Crippen LogP contribution in [0.4, 0.5) is 0 Å². The van der Waals surface area contributed by atoms with Crippen molar-refractivity contribution in [2.45, 2.75) is 13.5 Å². The molecule has 0 spiro atoms. The van der Waals surface area contributed by atoms with E-state index in [-0.39, 0.29) is 10.8 Å². The molecule has 1 amide bonds. The number of aryl methyl sites for hydroxylation is 1. The number of hydrogen-bond donors (Lipinski definition) is 1. The second-order valence-electron chi connectivity index (χ2n) is 5.76. The lowest BCUT2D eigenvalue weighted by Gasteiger charge is -2.34. The van der Waals surface area contributed by atoms with E-state index < -0.39 is 0 Å². The van der Waals surface area contributed by atoms with Gasteiger partial charge in [-0.15, -0.1) is 0 Å². The van der Waals surface area contributed by atoms with Gasteiger partial charge in [-0.25, -0.2) is 0 Å². The minimum absolute atomic E-state index is 0.0518. The van der Waals surface area contributed by atoms with Crippen LogP contribution in [0, 0.1) is 6.92 Å².